The van der Waals surface area contributed by atoms with E-state index < -0.39 is 11.2 Å². The van der Waals surface area contributed by atoms with E-state index in [0.717, 1.165) is 33.8 Å². The summed E-state index contributed by atoms with van der Waals surface area (Å²) >= 11 is -1.30. The number of aromatic amines is 1. The molecule has 0 amide bonds. The highest BCUT2D eigenvalue weighted by Crippen LogP contribution is 2.28. The van der Waals surface area contributed by atoms with Crippen molar-refractivity contribution in [2.24, 2.45) is 0 Å². The number of benzene rings is 2. The number of hydrogen-bond acceptors (Lipinski definition) is 5. The van der Waals surface area contributed by atoms with Crippen LogP contribution in [0.1, 0.15) is 5.56 Å². The van der Waals surface area contributed by atoms with Crippen LogP contribution in [0.4, 0.5) is 5.69 Å². The number of H-pyrrole nitrogens is 1. The van der Waals surface area contributed by atoms with Crippen molar-refractivity contribution >= 4 is 27.9 Å². The second-order valence-electron chi connectivity index (χ2n) is 5.80. The van der Waals surface area contributed by atoms with Crippen LogP contribution in [-0.4, -0.2) is 42.8 Å². The van der Waals surface area contributed by atoms with Gasteiger partial charge in [-0.15, -0.1) is 0 Å². The fraction of sp³-hybridized carbons (Fsp3) is 0.278. The third-order valence-electron chi connectivity index (χ3n) is 3.94. The van der Waals surface area contributed by atoms with Crippen molar-refractivity contribution in [2.45, 2.75) is 10.9 Å². The summed E-state index contributed by atoms with van der Waals surface area (Å²) < 4.78 is 23.3. The van der Waals surface area contributed by atoms with Crippen LogP contribution in [0.25, 0.3) is 11.0 Å². The molecule has 1 heterocycles. The summed E-state index contributed by atoms with van der Waals surface area (Å²) in [6, 6.07) is 11.3. The summed E-state index contributed by atoms with van der Waals surface area (Å²) in [4.78, 5) is 9.58. The van der Waals surface area contributed by atoms with E-state index in [0.29, 0.717) is 10.9 Å². The molecule has 0 fully saturated rings. The molecule has 0 saturated carbocycles. The van der Waals surface area contributed by atoms with Gasteiger partial charge in [-0.05, 0) is 30.3 Å². The number of anilines is 1. The first-order valence-corrected chi connectivity index (χ1v) is 9.10. The summed E-state index contributed by atoms with van der Waals surface area (Å²) in [7, 11) is 7.15. The minimum Gasteiger partial charge on any atom is -0.609 e. The van der Waals surface area contributed by atoms with Crippen molar-refractivity contribution in [1.29, 1.82) is 0 Å². The van der Waals surface area contributed by atoms with Gasteiger partial charge in [0, 0.05) is 42.6 Å². The molecule has 3 rings (SSSR count). The highest BCUT2D eigenvalue weighted by atomic mass is 32.2. The Morgan fingerprint density at radius 2 is 1.76 bits per heavy atom. The van der Waals surface area contributed by atoms with E-state index in [9.17, 15) is 4.55 Å². The topological polar surface area (TPSA) is 73.4 Å². The number of ether oxygens (including phenoxy) is 2. The van der Waals surface area contributed by atoms with Gasteiger partial charge in [-0.25, -0.2) is 0 Å². The number of nitrogens with one attached hydrogen (secondary N) is 1. The maximum atomic E-state index is 12.8. The van der Waals surface area contributed by atoms with Crippen LogP contribution < -0.4 is 14.4 Å². The summed E-state index contributed by atoms with van der Waals surface area (Å²) in [5, 5.41) is 0.454. The number of aromatic nitrogens is 2. The van der Waals surface area contributed by atoms with Gasteiger partial charge in [0.05, 0.1) is 25.3 Å². The average Bonchev–Trinajstić information content (AvgIpc) is 3.04. The molecule has 132 valence electrons. The molecular formula is C18H21N3O3S. The molecule has 0 saturated heterocycles. The van der Waals surface area contributed by atoms with Crippen molar-refractivity contribution in [2.75, 3.05) is 33.2 Å². The maximum absolute atomic E-state index is 12.8. The Bertz CT molecular complexity index is 879. The third-order valence-corrected chi connectivity index (χ3v) is 5.14. The quantitative estimate of drug-likeness (QED) is 0.685. The van der Waals surface area contributed by atoms with E-state index in [1.54, 1.807) is 14.2 Å². The lowest BCUT2D eigenvalue weighted by Gasteiger charge is -2.18. The molecule has 1 N–H and O–H groups in total. The molecule has 0 spiro atoms. The Morgan fingerprint density at radius 1 is 1.08 bits per heavy atom. The minimum atomic E-state index is -1.30. The number of hydrogen-bond donors (Lipinski definition) is 1. The van der Waals surface area contributed by atoms with Crippen molar-refractivity contribution in [3.8, 4) is 11.5 Å². The zero-order chi connectivity index (χ0) is 18.0. The zero-order valence-electron chi connectivity index (χ0n) is 14.7. The molecule has 6 nitrogen and oxygen atoms in total. The predicted octanol–water partition coefficient (Wildman–Crippen LogP) is 2.95. The van der Waals surface area contributed by atoms with E-state index >= 15 is 0 Å². The van der Waals surface area contributed by atoms with Crippen LogP contribution in [0, 0.1) is 0 Å². The van der Waals surface area contributed by atoms with Crippen LogP contribution in [0.15, 0.2) is 41.6 Å². The van der Waals surface area contributed by atoms with E-state index in [1.165, 1.54) is 0 Å². The molecule has 0 bridgehead atoms. The Morgan fingerprint density at radius 3 is 2.44 bits per heavy atom. The SMILES string of the molecule is COc1ccc(N(C)C)c(C[S+]([O-])c2nc3cc(OC)ccc3[nH]2)c1. The van der Waals surface area contributed by atoms with Gasteiger partial charge < -0.3 is 18.9 Å². The zero-order valence-corrected chi connectivity index (χ0v) is 15.5. The lowest BCUT2D eigenvalue weighted by molar-refractivity contribution is 0.414. The number of imidazole rings is 1. The Hall–Kier alpha value is -2.38. The Labute approximate surface area is 150 Å². The molecule has 0 aliphatic rings. The highest BCUT2D eigenvalue weighted by molar-refractivity contribution is 7.90. The second-order valence-corrected chi connectivity index (χ2v) is 7.17. The lowest BCUT2D eigenvalue weighted by Crippen LogP contribution is -2.14. The normalized spacial score (nSPS) is 12.2. The molecular weight excluding hydrogens is 338 g/mol. The first kappa shape index (κ1) is 17.4. The first-order chi connectivity index (χ1) is 12.0. The first-order valence-electron chi connectivity index (χ1n) is 7.78. The van der Waals surface area contributed by atoms with Crippen LogP contribution in [0.2, 0.25) is 0 Å². The van der Waals surface area contributed by atoms with E-state index in [-0.39, 0.29) is 0 Å². The predicted molar refractivity (Wildman–Crippen MR) is 100 cm³/mol. The van der Waals surface area contributed by atoms with E-state index in [2.05, 4.69) is 9.97 Å². The number of methoxy groups -OCH3 is 2. The molecule has 0 aliphatic heterocycles. The van der Waals surface area contributed by atoms with Gasteiger partial charge in [0.1, 0.15) is 17.3 Å². The molecule has 1 atom stereocenters. The summed E-state index contributed by atoms with van der Waals surface area (Å²) in [6.45, 7) is 0. The average molecular weight is 359 g/mol. The van der Waals surface area contributed by atoms with Gasteiger partial charge in [-0.2, -0.15) is 4.98 Å². The highest BCUT2D eigenvalue weighted by Gasteiger charge is 2.20. The third kappa shape index (κ3) is 3.67. The van der Waals surface area contributed by atoms with Crippen molar-refractivity contribution in [3.05, 3.63) is 42.0 Å². The molecule has 0 aliphatic carbocycles. The summed E-state index contributed by atoms with van der Waals surface area (Å²) in [6.07, 6.45) is 0. The summed E-state index contributed by atoms with van der Waals surface area (Å²) in [5.41, 5.74) is 3.52. The van der Waals surface area contributed by atoms with Crippen LogP contribution in [-0.2, 0) is 16.9 Å². The number of rotatable bonds is 6. The van der Waals surface area contributed by atoms with Gasteiger partial charge in [0.2, 0.25) is 0 Å². The fourth-order valence-corrected chi connectivity index (χ4v) is 3.72. The van der Waals surface area contributed by atoms with E-state index in [1.807, 2.05) is 55.4 Å². The fourth-order valence-electron chi connectivity index (χ4n) is 2.65. The largest absolute Gasteiger partial charge is 0.609 e. The van der Waals surface area contributed by atoms with Crippen molar-refractivity contribution in [3.63, 3.8) is 0 Å². The molecule has 1 aromatic heterocycles. The van der Waals surface area contributed by atoms with Crippen LogP contribution >= 0.6 is 0 Å². The smallest absolute Gasteiger partial charge is 0.321 e. The van der Waals surface area contributed by atoms with Crippen molar-refractivity contribution < 1.29 is 14.0 Å². The van der Waals surface area contributed by atoms with Crippen LogP contribution in [0.5, 0.6) is 11.5 Å². The van der Waals surface area contributed by atoms with Gasteiger partial charge in [0.25, 0.3) is 0 Å². The lowest BCUT2D eigenvalue weighted by atomic mass is 10.2. The van der Waals surface area contributed by atoms with Crippen LogP contribution in [0.3, 0.4) is 0 Å². The van der Waals surface area contributed by atoms with Gasteiger partial charge >= 0.3 is 5.16 Å². The van der Waals surface area contributed by atoms with Gasteiger partial charge in [0.15, 0.2) is 0 Å². The van der Waals surface area contributed by atoms with Crippen molar-refractivity contribution in [1.82, 2.24) is 9.97 Å². The number of nitrogens with zero attached hydrogens (tertiary/aromatic N) is 2. The van der Waals surface area contributed by atoms with Gasteiger partial charge in [-0.1, -0.05) is 0 Å². The molecule has 1 unspecified atom stereocenters. The summed E-state index contributed by atoms with van der Waals surface area (Å²) in [5.74, 6) is 1.81. The molecule has 0 radical (unpaired) electrons. The van der Waals surface area contributed by atoms with Gasteiger partial charge in [-0.3, -0.25) is 4.98 Å². The standard InChI is InChI=1S/C18H21N3O3S/c1-21(2)17-8-6-13(23-3)9-12(17)11-25(22)18-19-15-7-5-14(24-4)10-16(15)20-18/h5-10H,11H2,1-4H3,(H,19,20). The monoisotopic (exact) mass is 359 g/mol. The second kappa shape index (κ2) is 7.25. The molecule has 7 heteroatoms. The molecule has 2 aromatic carbocycles. The Balaban J connectivity index is 1.90. The Kier molecular flexibility index (Phi) is 5.06. The molecule has 3 aromatic rings. The molecule has 25 heavy (non-hydrogen) atoms. The van der Waals surface area contributed by atoms with E-state index in [4.69, 9.17) is 9.47 Å². The minimum absolute atomic E-state index is 0.349. The maximum Gasteiger partial charge on any atom is 0.321 e. The number of fused-ring (bicyclic) bond motifs is 1.